The highest BCUT2D eigenvalue weighted by Crippen LogP contribution is 2.20. The van der Waals surface area contributed by atoms with Gasteiger partial charge in [-0.25, -0.2) is 0 Å². The summed E-state index contributed by atoms with van der Waals surface area (Å²) in [5.74, 6) is 0.712. The van der Waals surface area contributed by atoms with Crippen LogP contribution in [0.15, 0.2) is 30.3 Å². The van der Waals surface area contributed by atoms with E-state index in [0.29, 0.717) is 12.2 Å². The smallest absolute Gasteiger partial charge is 0.137 e. The van der Waals surface area contributed by atoms with Gasteiger partial charge in [0.05, 0.1) is 0 Å². The number of ketones is 1. The average Bonchev–Trinajstić information content (AvgIpc) is 2.78. The Morgan fingerprint density at radius 2 is 2.12 bits per heavy atom. The van der Waals surface area contributed by atoms with Gasteiger partial charge in [0.1, 0.15) is 5.78 Å². The number of rotatable bonds is 4. The van der Waals surface area contributed by atoms with Gasteiger partial charge in [-0.05, 0) is 18.5 Å². The van der Waals surface area contributed by atoms with Gasteiger partial charge in [-0.3, -0.25) is 9.69 Å². The molecule has 0 aromatic heterocycles. The summed E-state index contributed by atoms with van der Waals surface area (Å²) in [7, 11) is 0. The minimum absolute atomic E-state index is 0.286. The van der Waals surface area contributed by atoms with Crippen molar-refractivity contribution >= 4 is 5.78 Å². The third-order valence-electron chi connectivity index (χ3n) is 3.33. The van der Waals surface area contributed by atoms with Crippen LogP contribution in [0.3, 0.4) is 0 Å². The Morgan fingerprint density at radius 3 is 2.81 bits per heavy atom. The highest BCUT2D eigenvalue weighted by Gasteiger charge is 2.26. The molecule has 0 amide bonds. The number of carbonyl (C=O) groups excluding carboxylic acids is 1. The standard InChI is InChI=1S/C14H19NO/c1-2-14(16)13-8-9-15(11-13)10-12-6-4-3-5-7-12/h3-7,13H,2,8-11H2,1H3/t13-/m0/s1. The van der Waals surface area contributed by atoms with E-state index in [-0.39, 0.29) is 5.92 Å². The molecule has 0 aliphatic carbocycles. The lowest BCUT2D eigenvalue weighted by Crippen LogP contribution is -2.22. The van der Waals surface area contributed by atoms with Crippen LogP contribution in [0.2, 0.25) is 0 Å². The lowest BCUT2D eigenvalue weighted by molar-refractivity contribution is -0.122. The molecule has 86 valence electrons. The van der Waals surface area contributed by atoms with Crippen molar-refractivity contribution in [3.05, 3.63) is 35.9 Å². The van der Waals surface area contributed by atoms with Crippen molar-refractivity contribution in [2.45, 2.75) is 26.3 Å². The molecule has 1 aromatic rings. The lowest BCUT2D eigenvalue weighted by Gasteiger charge is -2.15. The van der Waals surface area contributed by atoms with E-state index in [1.165, 1.54) is 5.56 Å². The maximum absolute atomic E-state index is 11.6. The Bertz CT molecular complexity index is 347. The molecule has 0 radical (unpaired) electrons. The highest BCUT2D eigenvalue weighted by atomic mass is 16.1. The Kier molecular flexibility index (Phi) is 3.73. The third kappa shape index (κ3) is 2.70. The molecule has 1 fully saturated rings. The second-order valence-electron chi connectivity index (χ2n) is 4.53. The van der Waals surface area contributed by atoms with Gasteiger partial charge in [-0.1, -0.05) is 37.3 Å². The first-order valence-corrected chi connectivity index (χ1v) is 6.08. The second-order valence-corrected chi connectivity index (χ2v) is 4.53. The number of benzene rings is 1. The fraction of sp³-hybridized carbons (Fsp3) is 0.500. The van der Waals surface area contributed by atoms with Crippen LogP contribution in [-0.4, -0.2) is 23.8 Å². The van der Waals surface area contributed by atoms with Crippen molar-refractivity contribution in [2.75, 3.05) is 13.1 Å². The Balaban J connectivity index is 1.88. The lowest BCUT2D eigenvalue weighted by atomic mass is 10.0. The largest absolute Gasteiger partial charge is 0.299 e. The number of hydrogen-bond donors (Lipinski definition) is 0. The fourth-order valence-corrected chi connectivity index (χ4v) is 2.37. The van der Waals surface area contributed by atoms with Crippen molar-refractivity contribution in [2.24, 2.45) is 5.92 Å². The molecule has 1 saturated heterocycles. The van der Waals surface area contributed by atoms with Gasteiger partial charge in [0.2, 0.25) is 0 Å². The maximum atomic E-state index is 11.6. The molecule has 0 unspecified atom stereocenters. The molecule has 1 aliphatic heterocycles. The van der Waals surface area contributed by atoms with Gasteiger partial charge >= 0.3 is 0 Å². The number of nitrogens with zero attached hydrogens (tertiary/aromatic N) is 1. The zero-order valence-corrected chi connectivity index (χ0v) is 9.86. The van der Waals surface area contributed by atoms with E-state index in [0.717, 1.165) is 26.1 Å². The van der Waals surface area contributed by atoms with Crippen LogP contribution in [0.5, 0.6) is 0 Å². The van der Waals surface area contributed by atoms with E-state index in [1.54, 1.807) is 0 Å². The molecule has 2 nitrogen and oxygen atoms in total. The normalized spacial score (nSPS) is 21.2. The number of carbonyl (C=O) groups is 1. The van der Waals surface area contributed by atoms with Crippen LogP contribution in [0.1, 0.15) is 25.3 Å². The average molecular weight is 217 g/mol. The summed E-state index contributed by atoms with van der Waals surface area (Å²) in [5, 5.41) is 0. The molecule has 0 saturated carbocycles. The monoisotopic (exact) mass is 217 g/mol. The van der Waals surface area contributed by atoms with Crippen LogP contribution >= 0.6 is 0 Å². The molecule has 16 heavy (non-hydrogen) atoms. The molecular weight excluding hydrogens is 198 g/mol. The van der Waals surface area contributed by atoms with Crippen molar-refractivity contribution in [3.63, 3.8) is 0 Å². The fourth-order valence-electron chi connectivity index (χ4n) is 2.37. The molecule has 0 N–H and O–H groups in total. The van der Waals surface area contributed by atoms with Crippen molar-refractivity contribution in [1.82, 2.24) is 4.90 Å². The Hall–Kier alpha value is -1.15. The molecule has 1 atom stereocenters. The maximum Gasteiger partial charge on any atom is 0.137 e. The minimum atomic E-state index is 0.286. The van der Waals surface area contributed by atoms with E-state index in [1.807, 2.05) is 13.0 Å². The Morgan fingerprint density at radius 1 is 1.38 bits per heavy atom. The quantitative estimate of drug-likeness (QED) is 0.772. The van der Waals surface area contributed by atoms with Gasteiger partial charge in [0.15, 0.2) is 0 Å². The van der Waals surface area contributed by atoms with Crippen LogP contribution in [-0.2, 0) is 11.3 Å². The molecule has 0 bridgehead atoms. The summed E-state index contributed by atoms with van der Waals surface area (Å²) < 4.78 is 0. The zero-order valence-electron chi connectivity index (χ0n) is 9.86. The predicted molar refractivity (Wildman–Crippen MR) is 65.1 cm³/mol. The molecule has 2 heteroatoms. The summed E-state index contributed by atoms with van der Waals surface area (Å²) in [5.41, 5.74) is 1.34. The number of Topliss-reactive ketones (excluding diaryl/α,β-unsaturated/α-hetero) is 1. The van der Waals surface area contributed by atoms with Crippen molar-refractivity contribution in [1.29, 1.82) is 0 Å². The second kappa shape index (κ2) is 5.26. The van der Waals surface area contributed by atoms with E-state index in [4.69, 9.17) is 0 Å². The number of hydrogen-bond acceptors (Lipinski definition) is 2. The molecule has 1 heterocycles. The van der Waals surface area contributed by atoms with E-state index >= 15 is 0 Å². The minimum Gasteiger partial charge on any atom is -0.299 e. The number of likely N-dealkylation sites (tertiary alicyclic amines) is 1. The zero-order chi connectivity index (χ0) is 11.4. The van der Waals surface area contributed by atoms with Crippen molar-refractivity contribution < 1.29 is 4.79 Å². The van der Waals surface area contributed by atoms with Crippen LogP contribution in [0, 0.1) is 5.92 Å². The van der Waals surface area contributed by atoms with E-state index in [2.05, 4.69) is 29.2 Å². The Labute approximate surface area is 97.3 Å². The SMILES string of the molecule is CCC(=O)[C@H]1CCN(Cc2ccccc2)C1. The predicted octanol–water partition coefficient (Wildman–Crippen LogP) is 2.49. The summed E-state index contributed by atoms with van der Waals surface area (Å²) in [4.78, 5) is 14.0. The highest BCUT2D eigenvalue weighted by molar-refractivity contribution is 5.81. The van der Waals surface area contributed by atoms with Gasteiger partial charge in [0.25, 0.3) is 0 Å². The van der Waals surface area contributed by atoms with Gasteiger partial charge in [-0.15, -0.1) is 0 Å². The summed E-state index contributed by atoms with van der Waals surface area (Å²) in [6, 6.07) is 10.5. The van der Waals surface area contributed by atoms with Crippen LogP contribution < -0.4 is 0 Å². The van der Waals surface area contributed by atoms with Gasteiger partial charge in [0, 0.05) is 25.4 Å². The van der Waals surface area contributed by atoms with E-state index < -0.39 is 0 Å². The first kappa shape index (κ1) is 11.3. The van der Waals surface area contributed by atoms with Gasteiger partial charge < -0.3 is 0 Å². The molecule has 1 aliphatic rings. The first-order chi connectivity index (χ1) is 7.79. The molecular formula is C14H19NO. The van der Waals surface area contributed by atoms with Crippen LogP contribution in [0.25, 0.3) is 0 Å². The molecule has 2 rings (SSSR count). The van der Waals surface area contributed by atoms with Gasteiger partial charge in [-0.2, -0.15) is 0 Å². The third-order valence-corrected chi connectivity index (χ3v) is 3.33. The first-order valence-electron chi connectivity index (χ1n) is 6.08. The molecule has 0 spiro atoms. The molecule has 1 aromatic carbocycles. The topological polar surface area (TPSA) is 20.3 Å². The summed E-state index contributed by atoms with van der Waals surface area (Å²) >= 11 is 0. The van der Waals surface area contributed by atoms with Crippen LogP contribution in [0.4, 0.5) is 0 Å². The summed E-state index contributed by atoms with van der Waals surface area (Å²) in [6.07, 6.45) is 1.73. The summed E-state index contributed by atoms with van der Waals surface area (Å²) in [6.45, 7) is 4.95. The van der Waals surface area contributed by atoms with Crippen molar-refractivity contribution in [3.8, 4) is 0 Å². The van der Waals surface area contributed by atoms with E-state index in [9.17, 15) is 4.79 Å².